The van der Waals surface area contributed by atoms with E-state index in [4.69, 9.17) is 17.3 Å². The lowest BCUT2D eigenvalue weighted by Gasteiger charge is -2.06. The zero-order chi connectivity index (χ0) is 12.6. The molecule has 1 aromatic carbocycles. The molecular weight excluding hydrogens is 255 g/mol. The quantitative estimate of drug-likeness (QED) is 0.845. The molecule has 7 heteroatoms. The summed E-state index contributed by atoms with van der Waals surface area (Å²) in [5.41, 5.74) is 5.49. The molecule has 0 aliphatic carbocycles. The molecule has 3 nitrogen and oxygen atoms in total. The molecule has 0 atom stereocenters. The summed E-state index contributed by atoms with van der Waals surface area (Å²) in [6.07, 6.45) is 1.29. The van der Waals surface area contributed by atoms with Gasteiger partial charge in [0.05, 0.1) is 12.7 Å². The average molecular weight is 262 g/mol. The van der Waals surface area contributed by atoms with Gasteiger partial charge >= 0.3 is 0 Å². The number of hydrogen-bond donors (Lipinski definition) is 1. The second-order valence-corrected chi connectivity index (χ2v) is 3.80. The van der Waals surface area contributed by atoms with Crippen molar-refractivity contribution in [1.29, 1.82) is 0 Å². The fraction of sp³-hybridized carbons (Fsp3) is 0.100. The Kier molecular flexibility index (Phi) is 2.97. The van der Waals surface area contributed by atoms with E-state index in [0.29, 0.717) is 6.07 Å². The fourth-order valence-electron chi connectivity index (χ4n) is 1.34. The second-order valence-electron chi connectivity index (χ2n) is 3.39. The number of hydrogen-bond acceptors (Lipinski definition) is 2. The van der Waals surface area contributed by atoms with Crippen molar-refractivity contribution in [2.24, 2.45) is 0 Å². The van der Waals surface area contributed by atoms with Gasteiger partial charge in [0.15, 0.2) is 11.6 Å². The van der Waals surface area contributed by atoms with Crippen LogP contribution < -0.4 is 5.73 Å². The van der Waals surface area contributed by atoms with Crippen LogP contribution in [0.2, 0.25) is 5.02 Å². The van der Waals surface area contributed by atoms with Crippen molar-refractivity contribution in [1.82, 2.24) is 9.78 Å². The lowest BCUT2D eigenvalue weighted by molar-refractivity contribution is 0.486. The van der Waals surface area contributed by atoms with Crippen LogP contribution in [0, 0.1) is 17.5 Å². The van der Waals surface area contributed by atoms with Gasteiger partial charge < -0.3 is 5.73 Å². The highest BCUT2D eigenvalue weighted by Crippen LogP contribution is 2.20. The third-order valence-corrected chi connectivity index (χ3v) is 2.53. The Morgan fingerprint density at radius 2 is 1.82 bits per heavy atom. The van der Waals surface area contributed by atoms with Crippen molar-refractivity contribution in [3.8, 4) is 0 Å². The van der Waals surface area contributed by atoms with Gasteiger partial charge in [-0.2, -0.15) is 5.10 Å². The Bertz CT molecular complexity index is 568. The van der Waals surface area contributed by atoms with Crippen LogP contribution in [0.5, 0.6) is 0 Å². The molecule has 2 N–H and O–H groups in total. The maximum Gasteiger partial charge on any atom is 0.161 e. The Morgan fingerprint density at radius 1 is 1.18 bits per heavy atom. The number of anilines is 1. The lowest BCUT2D eigenvalue weighted by atomic mass is 10.2. The highest BCUT2D eigenvalue weighted by molar-refractivity contribution is 6.32. The van der Waals surface area contributed by atoms with Crippen LogP contribution in [0.1, 0.15) is 5.56 Å². The van der Waals surface area contributed by atoms with Gasteiger partial charge in [-0.25, -0.2) is 17.9 Å². The van der Waals surface area contributed by atoms with Crippen LogP contribution >= 0.6 is 11.6 Å². The first-order valence-electron chi connectivity index (χ1n) is 4.59. The molecule has 0 radical (unpaired) electrons. The zero-order valence-corrected chi connectivity index (χ0v) is 9.18. The van der Waals surface area contributed by atoms with E-state index in [9.17, 15) is 13.2 Å². The second kappa shape index (κ2) is 4.29. The van der Waals surface area contributed by atoms with E-state index in [1.807, 2.05) is 0 Å². The minimum absolute atomic E-state index is 0.0598. The minimum atomic E-state index is -1.24. The summed E-state index contributed by atoms with van der Waals surface area (Å²) in [6, 6.07) is 1.24. The van der Waals surface area contributed by atoms with Gasteiger partial charge in [-0.15, -0.1) is 0 Å². The molecule has 0 aliphatic heterocycles. The van der Waals surface area contributed by atoms with Crippen molar-refractivity contribution >= 4 is 17.4 Å². The standard InChI is InChI=1S/C10H7ClF3N3/c11-6-3-16-17(10(6)15)4-5-1-8(13)9(14)2-7(5)12/h1-3H,4,15H2. The maximum absolute atomic E-state index is 13.3. The molecule has 17 heavy (non-hydrogen) atoms. The molecule has 0 fully saturated rings. The molecule has 0 spiro atoms. The van der Waals surface area contributed by atoms with Crippen LogP contribution in [0.4, 0.5) is 19.0 Å². The number of nitrogen functional groups attached to an aromatic ring is 1. The van der Waals surface area contributed by atoms with E-state index in [0.717, 1.165) is 6.07 Å². The summed E-state index contributed by atoms with van der Waals surface area (Å²) in [7, 11) is 0. The lowest BCUT2D eigenvalue weighted by Crippen LogP contribution is -2.08. The summed E-state index contributed by atoms with van der Waals surface area (Å²) in [4.78, 5) is 0. The summed E-state index contributed by atoms with van der Waals surface area (Å²) in [5, 5.41) is 4.00. The molecule has 0 amide bonds. The third-order valence-electron chi connectivity index (χ3n) is 2.24. The predicted octanol–water partition coefficient (Wildman–Crippen LogP) is 2.58. The molecule has 1 aromatic heterocycles. The average Bonchev–Trinajstić information content (AvgIpc) is 2.58. The van der Waals surface area contributed by atoms with E-state index in [2.05, 4.69) is 5.10 Å². The first kappa shape index (κ1) is 11.8. The van der Waals surface area contributed by atoms with Crippen LogP contribution in [0.15, 0.2) is 18.3 Å². The summed E-state index contributed by atoms with van der Waals surface area (Å²) in [6.45, 7) is -0.123. The fourth-order valence-corrected chi connectivity index (χ4v) is 1.49. The van der Waals surface area contributed by atoms with E-state index in [-0.39, 0.29) is 22.9 Å². The normalized spacial score (nSPS) is 10.8. The van der Waals surface area contributed by atoms with Gasteiger partial charge in [-0.1, -0.05) is 11.6 Å². The maximum atomic E-state index is 13.3. The minimum Gasteiger partial charge on any atom is -0.383 e. The van der Waals surface area contributed by atoms with Crippen LogP contribution in [0.3, 0.4) is 0 Å². The van der Waals surface area contributed by atoms with Crippen LogP contribution in [0.25, 0.3) is 0 Å². The Balaban J connectivity index is 2.36. The van der Waals surface area contributed by atoms with Crippen molar-refractivity contribution in [3.05, 3.63) is 46.4 Å². The monoisotopic (exact) mass is 261 g/mol. The zero-order valence-electron chi connectivity index (χ0n) is 8.42. The van der Waals surface area contributed by atoms with Crippen molar-refractivity contribution < 1.29 is 13.2 Å². The Morgan fingerprint density at radius 3 is 2.41 bits per heavy atom. The predicted molar refractivity (Wildman–Crippen MR) is 57.1 cm³/mol. The van der Waals surface area contributed by atoms with Gasteiger partial charge in [0, 0.05) is 11.6 Å². The highest BCUT2D eigenvalue weighted by atomic mass is 35.5. The number of aromatic nitrogens is 2. The highest BCUT2D eigenvalue weighted by Gasteiger charge is 2.12. The van der Waals surface area contributed by atoms with Crippen molar-refractivity contribution in [2.75, 3.05) is 5.73 Å². The van der Waals surface area contributed by atoms with Gasteiger partial charge in [0.2, 0.25) is 0 Å². The summed E-state index contributed by atoms with van der Waals surface area (Å²) in [5.74, 6) is -3.10. The van der Waals surface area contributed by atoms with E-state index in [1.54, 1.807) is 0 Å². The molecule has 2 rings (SSSR count). The van der Waals surface area contributed by atoms with Crippen molar-refractivity contribution in [3.63, 3.8) is 0 Å². The SMILES string of the molecule is Nc1c(Cl)cnn1Cc1cc(F)c(F)cc1F. The number of benzene rings is 1. The van der Waals surface area contributed by atoms with Gasteiger partial charge in [-0.05, 0) is 6.07 Å². The smallest absolute Gasteiger partial charge is 0.161 e. The van der Waals surface area contributed by atoms with Gasteiger partial charge in [-0.3, -0.25) is 0 Å². The molecule has 90 valence electrons. The first-order chi connectivity index (χ1) is 7.99. The number of nitrogens with zero attached hydrogens (tertiary/aromatic N) is 2. The molecular formula is C10H7ClF3N3. The Hall–Kier alpha value is -1.69. The van der Waals surface area contributed by atoms with Crippen molar-refractivity contribution in [2.45, 2.75) is 6.54 Å². The van der Waals surface area contributed by atoms with Gasteiger partial charge in [0.25, 0.3) is 0 Å². The molecule has 1 heterocycles. The molecule has 0 unspecified atom stereocenters. The van der Waals surface area contributed by atoms with E-state index >= 15 is 0 Å². The summed E-state index contributed by atoms with van der Waals surface area (Å²) < 4.78 is 40.2. The van der Waals surface area contributed by atoms with Crippen LogP contribution in [-0.2, 0) is 6.54 Å². The molecule has 0 saturated heterocycles. The largest absolute Gasteiger partial charge is 0.383 e. The number of rotatable bonds is 2. The topological polar surface area (TPSA) is 43.8 Å². The molecule has 0 saturated carbocycles. The molecule has 0 bridgehead atoms. The molecule has 2 aromatic rings. The van der Waals surface area contributed by atoms with E-state index < -0.39 is 17.5 Å². The first-order valence-corrected chi connectivity index (χ1v) is 4.97. The van der Waals surface area contributed by atoms with E-state index in [1.165, 1.54) is 10.9 Å². The molecule has 0 aliphatic rings. The summed E-state index contributed by atoms with van der Waals surface area (Å²) >= 11 is 5.66. The number of halogens is 4. The number of nitrogens with two attached hydrogens (primary N) is 1. The van der Waals surface area contributed by atoms with Crippen LogP contribution in [-0.4, -0.2) is 9.78 Å². The Labute approximate surface area is 99.6 Å². The van der Waals surface area contributed by atoms with Gasteiger partial charge in [0.1, 0.15) is 16.7 Å². The third kappa shape index (κ3) is 2.21.